The third kappa shape index (κ3) is 5.37. The number of hydrogen-bond donors (Lipinski definition) is 3. The van der Waals surface area contributed by atoms with Crippen LogP contribution in [0.2, 0.25) is 0 Å². The van der Waals surface area contributed by atoms with Gasteiger partial charge < -0.3 is 20.2 Å². The number of aliphatic hydroxyl groups is 1. The topological polar surface area (TPSA) is 87.4 Å². The minimum absolute atomic E-state index is 0.164. The van der Waals surface area contributed by atoms with E-state index in [1.807, 2.05) is 20.8 Å². The number of aryl methyl sites for hydroxylation is 2. The fourth-order valence-electron chi connectivity index (χ4n) is 2.36. The molecule has 2 aromatic rings. The van der Waals surface area contributed by atoms with E-state index in [-0.39, 0.29) is 12.1 Å². The third-order valence-electron chi connectivity index (χ3n) is 3.46. The summed E-state index contributed by atoms with van der Waals surface area (Å²) in [6, 6.07) is 3.05. The molecule has 0 fully saturated rings. The summed E-state index contributed by atoms with van der Waals surface area (Å²) in [5, 5.41) is 16.7. The Morgan fingerprint density at radius 3 is 2.87 bits per heavy atom. The maximum Gasteiger partial charge on any atom is 0.315 e. The number of carbonyl (C=O) groups excluding carboxylic acids is 1. The Kier molecular flexibility index (Phi) is 6.18. The number of thiazole rings is 1. The van der Waals surface area contributed by atoms with Gasteiger partial charge in [-0.3, -0.25) is 0 Å². The second-order valence-electron chi connectivity index (χ2n) is 5.56. The summed E-state index contributed by atoms with van der Waals surface area (Å²) in [5.41, 5.74) is 1.03. The van der Waals surface area contributed by atoms with Gasteiger partial charge in [-0.25, -0.2) is 9.78 Å². The van der Waals surface area contributed by atoms with Crippen LogP contribution < -0.4 is 10.6 Å². The van der Waals surface area contributed by atoms with Gasteiger partial charge in [-0.15, -0.1) is 11.3 Å². The van der Waals surface area contributed by atoms with E-state index in [9.17, 15) is 9.90 Å². The molecular formula is C16H23N3O3S. The standard InChI is InChI=1S/C16H23N3O3S/c1-10(9-13(20)14-5-4-8-22-14)18-16(21)17-7-6-15-11(2)19-12(3)23-15/h4-5,8,10,13,20H,6-7,9H2,1-3H3,(H2,17,18,21). The van der Waals surface area contributed by atoms with Crippen molar-refractivity contribution in [2.75, 3.05) is 6.54 Å². The summed E-state index contributed by atoms with van der Waals surface area (Å²) in [4.78, 5) is 17.4. The lowest BCUT2D eigenvalue weighted by Gasteiger charge is -2.17. The lowest BCUT2D eigenvalue weighted by molar-refractivity contribution is 0.129. The molecule has 126 valence electrons. The van der Waals surface area contributed by atoms with Crippen molar-refractivity contribution in [2.24, 2.45) is 0 Å². The molecule has 0 aliphatic heterocycles. The van der Waals surface area contributed by atoms with Crippen LogP contribution in [0.3, 0.4) is 0 Å². The van der Waals surface area contributed by atoms with Crippen LogP contribution in [0, 0.1) is 13.8 Å². The van der Waals surface area contributed by atoms with Crippen molar-refractivity contribution in [1.82, 2.24) is 15.6 Å². The van der Waals surface area contributed by atoms with Crippen molar-refractivity contribution in [3.63, 3.8) is 0 Å². The number of nitrogens with one attached hydrogen (secondary N) is 2. The highest BCUT2D eigenvalue weighted by molar-refractivity contribution is 7.11. The van der Waals surface area contributed by atoms with E-state index < -0.39 is 6.10 Å². The first-order chi connectivity index (χ1) is 11.0. The zero-order valence-corrected chi connectivity index (χ0v) is 14.4. The molecule has 2 heterocycles. The van der Waals surface area contributed by atoms with Gasteiger partial charge in [0.15, 0.2) is 0 Å². The van der Waals surface area contributed by atoms with E-state index in [1.165, 1.54) is 11.1 Å². The number of carbonyl (C=O) groups is 1. The quantitative estimate of drug-likeness (QED) is 0.725. The predicted molar refractivity (Wildman–Crippen MR) is 89.6 cm³/mol. The zero-order valence-electron chi connectivity index (χ0n) is 13.6. The summed E-state index contributed by atoms with van der Waals surface area (Å²) < 4.78 is 5.15. The van der Waals surface area contributed by atoms with E-state index >= 15 is 0 Å². The summed E-state index contributed by atoms with van der Waals surface area (Å²) in [6.07, 6.45) is 1.97. The van der Waals surface area contributed by atoms with Crippen LogP contribution in [0.4, 0.5) is 4.79 Å². The van der Waals surface area contributed by atoms with Crippen molar-refractivity contribution in [3.05, 3.63) is 39.7 Å². The third-order valence-corrected chi connectivity index (χ3v) is 4.60. The fourth-order valence-corrected chi connectivity index (χ4v) is 3.30. The van der Waals surface area contributed by atoms with Gasteiger partial charge in [-0.1, -0.05) is 0 Å². The minimum Gasteiger partial charge on any atom is -0.467 e. The first-order valence-corrected chi connectivity index (χ1v) is 8.46. The lowest BCUT2D eigenvalue weighted by atomic mass is 10.1. The van der Waals surface area contributed by atoms with E-state index in [0.717, 1.165) is 17.1 Å². The molecule has 0 saturated heterocycles. The van der Waals surface area contributed by atoms with Crippen LogP contribution in [0.25, 0.3) is 0 Å². The molecule has 6 nitrogen and oxygen atoms in total. The first-order valence-electron chi connectivity index (χ1n) is 7.64. The van der Waals surface area contributed by atoms with Gasteiger partial charge in [0.25, 0.3) is 0 Å². The van der Waals surface area contributed by atoms with Gasteiger partial charge in [-0.2, -0.15) is 0 Å². The van der Waals surface area contributed by atoms with Gasteiger partial charge in [0.1, 0.15) is 11.9 Å². The van der Waals surface area contributed by atoms with Gasteiger partial charge in [0, 0.05) is 30.3 Å². The smallest absolute Gasteiger partial charge is 0.315 e. The summed E-state index contributed by atoms with van der Waals surface area (Å²) in [7, 11) is 0. The monoisotopic (exact) mass is 337 g/mol. The van der Waals surface area contributed by atoms with E-state index in [1.54, 1.807) is 23.5 Å². The SMILES string of the molecule is Cc1nc(C)c(CCNC(=O)NC(C)CC(O)c2ccco2)s1. The van der Waals surface area contributed by atoms with Crippen LogP contribution in [0.1, 0.15) is 40.8 Å². The number of aliphatic hydroxyl groups excluding tert-OH is 1. The Labute approximate surface area is 139 Å². The van der Waals surface area contributed by atoms with Gasteiger partial charge >= 0.3 is 6.03 Å². The summed E-state index contributed by atoms with van der Waals surface area (Å²) in [5.74, 6) is 0.509. The molecule has 23 heavy (non-hydrogen) atoms. The average Bonchev–Trinajstić information content (AvgIpc) is 3.09. The van der Waals surface area contributed by atoms with Crippen LogP contribution in [-0.2, 0) is 6.42 Å². The molecule has 0 bridgehead atoms. The van der Waals surface area contributed by atoms with Crippen molar-refractivity contribution >= 4 is 17.4 Å². The molecule has 2 aromatic heterocycles. The fraction of sp³-hybridized carbons (Fsp3) is 0.500. The Morgan fingerprint density at radius 1 is 1.48 bits per heavy atom. The molecule has 0 aliphatic rings. The molecule has 0 radical (unpaired) electrons. The largest absolute Gasteiger partial charge is 0.467 e. The van der Waals surface area contributed by atoms with Crippen molar-refractivity contribution in [3.8, 4) is 0 Å². The Hall–Kier alpha value is -1.86. The molecule has 0 saturated carbocycles. The van der Waals surface area contributed by atoms with Gasteiger partial charge in [0.2, 0.25) is 0 Å². The number of amides is 2. The second-order valence-corrected chi connectivity index (χ2v) is 6.85. The number of nitrogens with zero attached hydrogens (tertiary/aromatic N) is 1. The predicted octanol–water partition coefficient (Wildman–Crippen LogP) is 2.71. The second kappa shape index (κ2) is 8.12. The molecule has 2 rings (SSSR count). The Morgan fingerprint density at radius 2 is 2.26 bits per heavy atom. The Bertz CT molecular complexity index is 625. The summed E-state index contributed by atoms with van der Waals surface area (Å²) in [6.45, 7) is 6.37. The highest BCUT2D eigenvalue weighted by Crippen LogP contribution is 2.18. The molecule has 2 atom stereocenters. The molecule has 0 aliphatic carbocycles. The van der Waals surface area contributed by atoms with Crippen LogP contribution in [-0.4, -0.2) is 28.7 Å². The minimum atomic E-state index is -0.719. The van der Waals surface area contributed by atoms with Crippen LogP contribution in [0.5, 0.6) is 0 Å². The average molecular weight is 337 g/mol. The lowest BCUT2D eigenvalue weighted by Crippen LogP contribution is -2.42. The number of rotatable bonds is 7. The highest BCUT2D eigenvalue weighted by atomic mass is 32.1. The molecule has 0 aromatic carbocycles. The number of urea groups is 1. The number of aromatic nitrogens is 1. The molecule has 2 unspecified atom stereocenters. The maximum atomic E-state index is 11.9. The number of hydrogen-bond acceptors (Lipinski definition) is 5. The van der Waals surface area contributed by atoms with Crippen LogP contribution in [0.15, 0.2) is 22.8 Å². The normalized spacial score (nSPS) is 13.6. The molecule has 2 amide bonds. The van der Waals surface area contributed by atoms with E-state index in [2.05, 4.69) is 15.6 Å². The zero-order chi connectivity index (χ0) is 16.8. The van der Waals surface area contributed by atoms with Crippen molar-refractivity contribution < 1.29 is 14.3 Å². The summed E-state index contributed by atoms with van der Waals surface area (Å²) >= 11 is 1.66. The van der Waals surface area contributed by atoms with E-state index in [0.29, 0.717) is 18.7 Å². The molecule has 7 heteroatoms. The molecule has 3 N–H and O–H groups in total. The van der Waals surface area contributed by atoms with Crippen LogP contribution >= 0.6 is 11.3 Å². The van der Waals surface area contributed by atoms with Crippen molar-refractivity contribution in [1.29, 1.82) is 0 Å². The van der Waals surface area contributed by atoms with E-state index in [4.69, 9.17) is 4.42 Å². The molecule has 0 spiro atoms. The van der Waals surface area contributed by atoms with Gasteiger partial charge in [0.05, 0.1) is 17.0 Å². The first kappa shape index (κ1) is 17.5. The van der Waals surface area contributed by atoms with Crippen molar-refractivity contribution in [2.45, 2.75) is 45.8 Å². The highest BCUT2D eigenvalue weighted by Gasteiger charge is 2.16. The Balaban J connectivity index is 1.68. The maximum absolute atomic E-state index is 11.9. The number of furan rings is 1. The molecular weight excluding hydrogens is 314 g/mol. The van der Waals surface area contributed by atoms with Gasteiger partial charge in [-0.05, 0) is 32.9 Å².